The summed E-state index contributed by atoms with van der Waals surface area (Å²) in [7, 11) is 0. The van der Waals surface area contributed by atoms with Crippen molar-refractivity contribution in [2.75, 3.05) is 5.32 Å². The van der Waals surface area contributed by atoms with Gasteiger partial charge < -0.3 is 10.2 Å². The fraction of sp³-hybridized carbons (Fsp3) is 0.273. The quantitative estimate of drug-likeness (QED) is 0.577. The normalized spacial score (nSPS) is 18.7. The second-order valence-corrected chi connectivity index (χ2v) is 7.86. The number of carbonyl (C=O) groups is 3. The van der Waals surface area contributed by atoms with E-state index in [9.17, 15) is 14.4 Å². The fourth-order valence-corrected chi connectivity index (χ4v) is 4.04. The van der Waals surface area contributed by atoms with E-state index in [1.807, 2.05) is 18.2 Å². The number of Topliss-reactive ketones (excluding diaryl/α,β-unsaturated/α-hetero) is 1. The number of hydrogen-bond donors (Lipinski definition) is 1. The molecule has 1 heterocycles. The number of carbonyl (C=O) groups excluding carboxylic acids is 3. The molecular formula is C22H19ClN2O4. The van der Waals surface area contributed by atoms with Crippen LogP contribution in [0.5, 0.6) is 0 Å². The Bertz CT molecular complexity index is 1040. The van der Waals surface area contributed by atoms with Gasteiger partial charge in [0.15, 0.2) is 6.29 Å². The van der Waals surface area contributed by atoms with Gasteiger partial charge in [-0.2, -0.15) is 0 Å². The molecule has 7 heteroatoms. The molecule has 2 aliphatic rings. The number of hydrogen-bond acceptors (Lipinski definition) is 5. The molecule has 148 valence electrons. The molecule has 0 aromatic heterocycles. The zero-order valence-electron chi connectivity index (χ0n) is 15.8. The van der Waals surface area contributed by atoms with Crippen molar-refractivity contribution >= 4 is 41.0 Å². The molecule has 29 heavy (non-hydrogen) atoms. The summed E-state index contributed by atoms with van der Waals surface area (Å²) in [6, 6.07) is 12.5. The van der Waals surface area contributed by atoms with Gasteiger partial charge in [-0.1, -0.05) is 41.0 Å². The highest BCUT2D eigenvalue weighted by atomic mass is 35.5. The van der Waals surface area contributed by atoms with Crippen LogP contribution in [0.1, 0.15) is 49.0 Å². The number of nitrogens with zero attached hydrogens (tertiary/aromatic N) is 1. The maximum atomic E-state index is 12.6. The number of benzene rings is 2. The van der Waals surface area contributed by atoms with Gasteiger partial charge in [0.25, 0.3) is 5.91 Å². The number of amides is 1. The van der Waals surface area contributed by atoms with Crippen LogP contribution in [0.3, 0.4) is 0 Å². The second-order valence-electron chi connectivity index (χ2n) is 7.46. The minimum atomic E-state index is -0.773. The van der Waals surface area contributed by atoms with E-state index < -0.39 is 17.8 Å². The van der Waals surface area contributed by atoms with E-state index in [-0.39, 0.29) is 11.8 Å². The van der Waals surface area contributed by atoms with Crippen LogP contribution in [0.2, 0.25) is 5.02 Å². The van der Waals surface area contributed by atoms with Crippen LogP contribution >= 0.6 is 11.6 Å². The van der Waals surface area contributed by atoms with E-state index in [4.69, 9.17) is 16.4 Å². The molecule has 1 atom stereocenters. The minimum absolute atomic E-state index is 0.120. The van der Waals surface area contributed by atoms with E-state index in [0.717, 1.165) is 18.4 Å². The molecule has 2 aromatic rings. The molecule has 1 saturated carbocycles. The summed E-state index contributed by atoms with van der Waals surface area (Å²) in [5, 5.41) is 7.15. The largest absolute Gasteiger partial charge is 0.380 e. The van der Waals surface area contributed by atoms with Crippen LogP contribution in [0.15, 0.2) is 47.6 Å². The lowest BCUT2D eigenvalue weighted by Gasteiger charge is -2.20. The first-order valence-electron chi connectivity index (χ1n) is 9.33. The lowest BCUT2D eigenvalue weighted by Crippen LogP contribution is -2.27. The van der Waals surface area contributed by atoms with Gasteiger partial charge in [-0.05, 0) is 43.5 Å². The Kier molecular flexibility index (Phi) is 4.96. The number of rotatable bonds is 6. The molecule has 1 aliphatic heterocycles. The highest BCUT2D eigenvalue weighted by Crippen LogP contribution is 2.53. The van der Waals surface area contributed by atoms with Gasteiger partial charge in [0, 0.05) is 33.7 Å². The molecule has 2 aromatic carbocycles. The van der Waals surface area contributed by atoms with Crippen LogP contribution in [0.25, 0.3) is 0 Å². The number of aldehydes is 1. The fourth-order valence-electron chi connectivity index (χ4n) is 3.71. The Labute approximate surface area is 172 Å². The molecule has 1 unspecified atom stereocenters. The lowest BCUT2D eigenvalue weighted by atomic mass is 9.90. The van der Waals surface area contributed by atoms with Gasteiger partial charge >= 0.3 is 0 Å². The van der Waals surface area contributed by atoms with Crippen LogP contribution in [-0.2, 0) is 24.6 Å². The highest BCUT2D eigenvalue weighted by molar-refractivity contribution is 6.41. The molecule has 0 bridgehead atoms. The number of anilines is 1. The third kappa shape index (κ3) is 3.68. The summed E-state index contributed by atoms with van der Waals surface area (Å²) >= 11 is 6.29. The SMILES string of the molecule is CC1=NOC(C=O)c2ccc(NC(=O)C(=O)CC3(c4ccccc4Cl)CC3)cc21. The summed E-state index contributed by atoms with van der Waals surface area (Å²) in [4.78, 5) is 41.3. The average Bonchev–Trinajstić information content (AvgIpc) is 3.49. The minimum Gasteiger partial charge on any atom is -0.380 e. The van der Waals surface area contributed by atoms with Crippen molar-refractivity contribution in [1.29, 1.82) is 0 Å². The standard InChI is InChI=1S/C22H19ClN2O4/c1-13-16-10-14(6-7-15(16)20(12-26)29-25-13)24-21(28)19(27)11-22(8-9-22)17-4-2-3-5-18(17)23/h2-7,10,12,20H,8-9,11H2,1H3,(H,24,28). The molecular weight excluding hydrogens is 392 g/mol. The topological polar surface area (TPSA) is 84.8 Å². The summed E-state index contributed by atoms with van der Waals surface area (Å²) in [6.45, 7) is 1.75. The van der Waals surface area contributed by atoms with Crippen molar-refractivity contribution in [1.82, 2.24) is 0 Å². The van der Waals surface area contributed by atoms with Gasteiger partial charge in [0.2, 0.25) is 11.9 Å². The van der Waals surface area contributed by atoms with E-state index in [1.165, 1.54) is 0 Å². The number of oxime groups is 1. The Morgan fingerprint density at radius 1 is 1.28 bits per heavy atom. The Morgan fingerprint density at radius 3 is 2.72 bits per heavy atom. The second kappa shape index (κ2) is 7.44. The predicted molar refractivity (Wildman–Crippen MR) is 109 cm³/mol. The van der Waals surface area contributed by atoms with E-state index in [1.54, 1.807) is 31.2 Å². The predicted octanol–water partition coefficient (Wildman–Crippen LogP) is 3.96. The number of halogens is 1. The summed E-state index contributed by atoms with van der Waals surface area (Å²) in [5.41, 5.74) is 3.01. The monoisotopic (exact) mass is 410 g/mol. The van der Waals surface area contributed by atoms with Crippen molar-refractivity contribution in [3.63, 3.8) is 0 Å². The first kappa shape index (κ1) is 19.3. The summed E-state index contributed by atoms with van der Waals surface area (Å²) < 4.78 is 0. The van der Waals surface area contributed by atoms with E-state index in [0.29, 0.717) is 33.8 Å². The van der Waals surface area contributed by atoms with Gasteiger partial charge in [0.05, 0.1) is 5.71 Å². The van der Waals surface area contributed by atoms with Gasteiger partial charge in [-0.25, -0.2) is 0 Å². The van der Waals surface area contributed by atoms with Crippen molar-refractivity contribution in [3.8, 4) is 0 Å². The number of ketones is 1. The van der Waals surface area contributed by atoms with Crippen molar-refractivity contribution in [2.24, 2.45) is 5.16 Å². The zero-order valence-corrected chi connectivity index (χ0v) is 16.5. The van der Waals surface area contributed by atoms with Crippen molar-refractivity contribution in [2.45, 2.75) is 37.7 Å². The molecule has 1 aliphatic carbocycles. The molecule has 0 radical (unpaired) electrons. The summed E-state index contributed by atoms with van der Waals surface area (Å²) in [6.07, 6.45) is 1.68. The van der Waals surface area contributed by atoms with Crippen molar-refractivity contribution < 1.29 is 19.2 Å². The lowest BCUT2D eigenvalue weighted by molar-refractivity contribution is -0.135. The first-order chi connectivity index (χ1) is 13.9. The zero-order chi connectivity index (χ0) is 20.6. The molecule has 0 spiro atoms. The third-order valence-corrected chi connectivity index (χ3v) is 5.81. The maximum Gasteiger partial charge on any atom is 0.291 e. The first-order valence-corrected chi connectivity index (χ1v) is 9.70. The Morgan fingerprint density at radius 2 is 2.03 bits per heavy atom. The average molecular weight is 411 g/mol. The van der Waals surface area contributed by atoms with Crippen LogP contribution in [0, 0.1) is 0 Å². The molecule has 1 fully saturated rings. The molecule has 6 nitrogen and oxygen atoms in total. The van der Waals surface area contributed by atoms with Gasteiger partial charge in [0.1, 0.15) is 0 Å². The van der Waals surface area contributed by atoms with Crippen LogP contribution in [-0.4, -0.2) is 23.7 Å². The summed E-state index contributed by atoms with van der Waals surface area (Å²) in [5.74, 6) is -1.16. The third-order valence-electron chi connectivity index (χ3n) is 5.49. The molecule has 1 amide bonds. The molecule has 1 N–H and O–H groups in total. The highest BCUT2D eigenvalue weighted by Gasteiger charge is 2.47. The van der Waals surface area contributed by atoms with Crippen molar-refractivity contribution in [3.05, 3.63) is 64.2 Å². The number of fused-ring (bicyclic) bond motifs is 1. The van der Waals surface area contributed by atoms with Crippen LogP contribution in [0.4, 0.5) is 5.69 Å². The van der Waals surface area contributed by atoms with Gasteiger partial charge in [-0.3, -0.25) is 14.4 Å². The van der Waals surface area contributed by atoms with E-state index >= 15 is 0 Å². The Hall–Kier alpha value is -2.99. The van der Waals surface area contributed by atoms with Crippen LogP contribution < -0.4 is 5.32 Å². The molecule has 0 saturated heterocycles. The van der Waals surface area contributed by atoms with Gasteiger partial charge in [-0.15, -0.1) is 0 Å². The Balaban J connectivity index is 1.48. The molecule has 4 rings (SSSR count). The maximum absolute atomic E-state index is 12.6. The number of nitrogens with one attached hydrogen (secondary N) is 1. The van der Waals surface area contributed by atoms with E-state index in [2.05, 4.69) is 10.5 Å². The smallest absolute Gasteiger partial charge is 0.291 e.